The summed E-state index contributed by atoms with van der Waals surface area (Å²) < 4.78 is 4.89. The van der Waals surface area contributed by atoms with Crippen molar-refractivity contribution >= 4 is 17.7 Å². The lowest BCUT2D eigenvalue weighted by Crippen LogP contribution is -1.96. The van der Waals surface area contributed by atoms with Crippen molar-refractivity contribution < 1.29 is 14.8 Å². The summed E-state index contributed by atoms with van der Waals surface area (Å²) in [4.78, 5) is 14.2. The molecule has 0 bridgehead atoms. The van der Waals surface area contributed by atoms with E-state index in [1.165, 1.54) is 25.5 Å². The van der Waals surface area contributed by atoms with E-state index in [2.05, 4.69) is 15.5 Å². The molecule has 2 N–H and O–H groups in total. The molecule has 1 aromatic carbocycles. The van der Waals surface area contributed by atoms with Gasteiger partial charge in [0, 0.05) is 17.8 Å². The number of anilines is 1. The van der Waals surface area contributed by atoms with Gasteiger partial charge in [0.05, 0.1) is 18.2 Å². The first-order valence-corrected chi connectivity index (χ1v) is 5.87. The Balaban J connectivity index is 2.23. The van der Waals surface area contributed by atoms with Gasteiger partial charge in [0.15, 0.2) is 5.75 Å². The number of nitrogens with zero attached hydrogens (tertiary/aromatic N) is 3. The van der Waals surface area contributed by atoms with E-state index in [1.807, 2.05) is 0 Å². The van der Waals surface area contributed by atoms with E-state index in [-0.39, 0.29) is 5.75 Å². The van der Waals surface area contributed by atoms with Crippen molar-refractivity contribution in [3.8, 4) is 11.5 Å². The number of phenols is 1. The Morgan fingerprint density at radius 1 is 1.48 bits per heavy atom. The van der Waals surface area contributed by atoms with E-state index in [0.717, 1.165) is 0 Å². The Morgan fingerprint density at radius 3 is 2.90 bits per heavy atom. The van der Waals surface area contributed by atoms with Crippen LogP contribution in [0.1, 0.15) is 5.56 Å². The fourth-order valence-corrected chi connectivity index (χ4v) is 1.59. The molecule has 1 aromatic heterocycles. The Morgan fingerprint density at radius 2 is 2.29 bits per heavy atom. The van der Waals surface area contributed by atoms with Crippen molar-refractivity contribution in [3.05, 3.63) is 52.2 Å². The van der Waals surface area contributed by atoms with Gasteiger partial charge in [0.2, 0.25) is 5.75 Å². The molecule has 0 saturated heterocycles. The van der Waals surface area contributed by atoms with Crippen LogP contribution in [-0.4, -0.2) is 28.3 Å². The Bertz CT molecular complexity index is 673. The summed E-state index contributed by atoms with van der Waals surface area (Å²) in [6, 6.07) is 7.91. The van der Waals surface area contributed by atoms with Crippen molar-refractivity contribution in [2.24, 2.45) is 5.10 Å². The van der Waals surface area contributed by atoms with Crippen LogP contribution in [0.25, 0.3) is 0 Å². The van der Waals surface area contributed by atoms with Gasteiger partial charge in [0.1, 0.15) is 5.82 Å². The Kier molecular flexibility index (Phi) is 4.30. The molecule has 2 rings (SSSR count). The zero-order chi connectivity index (χ0) is 15.2. The van der Waals surface area contributed by atoms with E-state index >= 15 is 0 Å². The normalized spacial score (nSPS) is 10.5. The van der Waals surface area contributed by atoms with Crippen LogP contribution in [0.5, 0.6) is 11.5 Å². The molecule has 2 aromatic rings. The van der Waals surface area contributed by atoms with Gasteiger partial charge < -0.3 is 9.84 Å². The molecule has 0 aliphatic heterocycles. The van der Waals surface area contributed by atoms with Crippen molar-refractivity contribution in [1.29, 1.82) is 0 Å². The fraction of sp³-hybridized carbons (Fsp3) is 0.0769. The van der Waals surface area contributed by atoms with Crippen molar-refractivity contribution in [2.45, 2.75) is 0 Å². The summed E-state index contributed by atoms with van der Waals surface area (Å²) in [5.41, 5.74) is 2.63. The van der Waals surface area contributed by atoms with Gasteiger partial charge in [-0.2, -0.15) is 5.10 Å². The standard InChI is InChI=1S/C13H12N4O4/c1-21-11-7-9(6-10(13(11)18)17(19)20)8-15-16-12-4-2-3-5-14-12/h2-8,18H,1H3,(H,14,16)/b15-8-. The minimum Gasteiger partial charge on any atom is -0.500 e. The van der Waals surface area contributed by atoms with Crippen LogP contribution in [0.15, 0.2) is 41.6 Å². The molecule has 0 fully saturated rings. The van der Waals surface area contributed by atoms with Crippen molar-refractivity contribution in [1.82, 2.24) is 4.98 Å². The highest BCUT2D eigenvalue weighted by Gasteiger charge is 2.19. The number of pyridine rings is 1. The monoisotopic (exact) mass is 288 g/mol. The molecule has 0 atom stereocenters. The zero-order valence-corrected chi connectivity index (χ0v) is 11.1. The molecular weight excluding hydrogens is 276 g/mol. The largest absolute Gasteiger partial charge is 0.500 e. The summed E-state index contributed by atoms with van der Waals surface area (Å²) in [5.74, 6) is 0.0230. The SMILES string of the molecule is COc1cc(/C=N\Nc2ccccn2)cc([N+](=O)[O-])c1O. The summed E-state index contributed by atoms with van der Waals surface area (Å²) in [6.07, 6.45) is 2.97. The lowest BCUT2D eigenvalue weighted by atomic mass is 10.2. The molecule has 0 unspecified atom stereocenters. The molecular formula is C13H12N4O4. The second-order valence-corrected chi connectivity index (χ2v) is 3.93. The van der Waals surface area contributed by atoms with Gasteiger partial charge in [-0.3, -0.25) is 15.5 Å². The maximum Gasteiger partial charge on any atom is 0.315 e. The number of aromatic hydroxyl groups is 1. The van der Waals surface area contributed by atoms with Gasteiger partial charge in [0.25, 0.3) is 0 Å². The quantitative estimate of drug-likeness (QED) is 0.495. The second kappa shape index (κ2) is 6.33. The summed E-state index contributed by atoms with van der Waals surface area (Å²) in [7, 11) is 1.31. The Hall–Kier alpha value is -3.16. The number of hydrazone groups is 1. The van der Waals surface area contributed by atoms with E-state index < -0.39 is 16.4 Å². The molecule has 8 heteroatoms. The number of aromatic nitrogens is 1. The van der Waals surface area contributed by atoms with Crippen molar-refractivity contribution in [2.75, 3.05) is 12.5 Å². The number of rotatable bonds is 5. The summed E-state index contributed by atoms with van der Waals surface area (Å²) >= 11 is 0. The first-order chi connectivity index (χ1) is 10.1. The molecule has 0 amide bonds. The zero-order valence-electron chi connectivity index (χ0n) is 11.1. The maximum absolute atomic E-state index is 10.9. The molecule has 8 nitrogen and oxygen atoms in total. The topological polar surface area (TPSA) is 110 Å². The first kappa shape index (κ1) is 14.3. The number of hydrogen-bond acceptors (Lipinski definition) is 7. The third-order valence-electron chi connectivity index (χ3n) is 2.55. The summed E-state index contributed by atoms with van der Waals surface area (Å²) in [6.45, 7) is 0. The van der Waals surface area contributed by atoms with Crippen LogP contribution >= 0.6 is 0 Å². The van der Waals surface area contributed by atoms with Gasteiger partial charge in [-0.15, -0.1) is 0 Å². The van der Waals surface area contributed by atoms with Crippen LogP contribution in [-0.2, 0) is 0 Å². The number of methoxy groups -OCH3 is 1. The summed E-state index contributed by atoms with van der Waals surface area (Å²) in [5, 5.41) is 24.4. The third kappa shape index (κ3) is 3.44. The molecule has 108 valence electrons. The molecule has 0 aliphatic carbocycles. The molecule has 0 spiro atoms. The predicted molar refractivity (Wildman–Crippen MR) is 76.8 cm³/mol. The number of nitro groups is 1. The number of nitro benzene ring substituents is 1. The minimum absolute atomic E-state index is 0.00323. The smallest absolute Gasteiger partial charge is 0.315 e. The number of nitrogens with one attached hydrogen (secondary N) is 1. The lowest BCUT2D eigenvalue weighted by Gasteiger charge is -2.05. The fourth-order valence-electron chi connectivity index (χ4n) is 1.59. The Labute approximate surface area is 119 Å². The highest BCUT2D eigenvalue weighted by Crippen LogP contribution is 2.36. The number of benzene rings is 1. The number of phenolic OH excluding ortho intramolecular Hbond substituents is 1. The maximum atomic E-state index is 10.9. The van der Waals surface area contributed by atoms with Gasteiger partial charge in [-0.1, -0.05) is 6.07 Å². The molecule has 21 heavy (non-hydrogen) atoms. The number of hydrogen-bond donors (Lipinski definition) is 2. The first-order valence-electron chi connectivity index (χ1n) is 5.87. The van der Waals surface area contributed by atoms with Gasteiger partial charge in [-0.25, -0.2) is 4.98 Å². The highest BCUT2D eigenvalue weighted by atomic mass is 16.6. The van der Waals surface area contributed by atoms with Crippen LogP contribution in [0.2, 0.25) is 0 Å². The molecule has 0 saturated carbocycles. The van der Waals surface area contributed by atoms with Gasteiger partial charge >= 0.3 is 5.69 Å². The second-order valence-electron chi connectivity index (χ2n) is 3.93. The third-order valence-corrected chi connectivity index (χ3v) is 2.55. The van der Waals surface area contributed by atoms with E-state index in [9.17, 15) is 15.2 Å². The lowest BCUT2D eigenvalue weighted by molar-refractivity contribution is -0.386. The van der Waals surface area contributed by atoms with E-state index in [4.69, 9.17) is 4.74 Å². The van der Waals surface area contributed by atoms with E-state index in [1.54, 1.807) is 24.4 Å². The highest BCUT2D eigenvalue weighted by molar-refractivity contribution is 5.83. The van der Waals surface area contributed by atoms with Gasteiger partial charge in [-0.05, 0) is 18.2 Å². The van der Waals surface area contributed by atoms with Crippen molar-refractivity contribution in [3.63, 3.8) is 0 Å². The van der Waals surface area contributed by atoms with Crippen LogP contribution in [0.4, 0.5) is 11.5 Å². The van der Waals surface area contributed by atoms with E-state index in [0.29, 0.717) is 11.4 Å². The average Bonchev–Trinajstić information content (AvgIpc) is 2.49. The van der Waals surface area contributed by atoms with Crippen LogP contribution in [0.3, 0.4) is 0 Å². The molecule has 0 radical (unpaired) electrons. The van der Waals surface area contributed by atoms with Crippen LogP contribution < -0.4 is 10.2 Å². The number of ether oxygens (including phenoxy) is 1. The molecule has 0 aliphatic rings. The molecule has 1 heterocycles. The predicted octanol–water partition coefficient (Wildman–Crippen LogP) is 2.15. The minimum atomic E-state index is -0.693. The average molecular weight is 288 g/mol. The van der Waals surface area contributed by atoms with Crippen LogP contribution in [0, 0.1) is 10.1 Å².